The molecular formula is C22H19O2P. The van der Waals surface area contributed by atoms with Crippen LogP contribution in [-0.2, 0) is 9.53 Å². The van der Waals surface area contributed by atoms with Crippen LogP contribution >= 0.6 is 6.89 Å². The molecule has 0 saturated heterocycles. The van der Waals surface area contributed by atoms with Crippen molar-refractivity contribution in [2.24, 2.45) is 0 Å². The van der Waals surface area contributed by atoms with Crippen molar-refractivity contribution in [1.82, 2.24) is 0 Å². The van der Waals surface area contributed by atoms with E-state index in [4.69, 9.17) is 4.74 Å². The van der Waals surface area contributed by atoms with Crippen LogP contribution in [-0.4, -0.2) is 18.5 Å². The van der Waals surface area contributed by atoms with Crippen LogP contribution in [0, 0.1) is 0 Å². The number of rotatable bonds is 5. The molecule has 0 aliphatic carbocycles. The summed E-state index contributed by atoms with van der Waals surface area (Å²) in [6.45, 7) is -2.30. The van der Waals surface area contributed by atoms with Crippen LogP contribution in [0.3, 0.4) is 0 Å². The first-order valence-corrected chi connectivity index (χ1v) is 9.81. The standard InChI is InChI=1S/C22H19O2P/c1-24-22(17-18-23)25(19-11-5-2-6-12-19,20-13-7-3-8-14-20)21-15-9-4-10-16-21/h2-17H,1H3. The largest absolute Gasteiger partial charge is 0.348 e. The molecule has 0 fully saturated rings. The summed E-state index contributed by atoms with van der Waals surface area (Å²) in [4.78, 5) is 11.3. The van der Waals surface area contributed by atoms with Gasteiger partial charge in [-0.25, -0.2) is 4.79 Å². The van der Waals surface area contributed by atoms with Gasteiger partial charge in [-0.15, -0.1) is 0 Å². The highest BCUT2D eigenvalue weighted by atomic mass is 31.2. The summed E-state index contributed by atoms with van der Waals surface area (Å²) < 4.78 is 5.77. The molecule has 3 aromatic carbocycles. The molecule has 124 valence electrons. The molecule has 0 unspecified atom stereocenters. The van der Waals surface area contributed by atoms with Gasteiger partial charge < -0.3 is 4.74 Å². The van der Waals surface area contributed by atoms with Gasteiger partial charge in [0.05, 0.1) is 11.6 Å². The summed E-state index contributed by atoms with van der Waals surface area (Å²) in [6.07, 6.45) is 1.43. The monoisotopic (exact) mass is 346 g/mol. The molecule has 2 nitrogen and oxygen atoms in total. The summed E-state index contributed by atoms with van der Waals surface area (Å²) in [5, 5.41) is 3.40. The van der Waals surface area contributed by atoms with Crippen LogP contribution in [0.15, 0.2) is 97.1 Å². The van der Waals surface area contributed by atoms with Gasteiger partial charge in [0.2, 0.25) is 0 Å². The molecule has 0 aromatic heterocycles. The maximum absolute atomic E-state index is 11.3. The van der Waals surface area contributed by atoms with Crippen LogP contribution in [0.25, 0.3) is 0 Å². The first kappa shape index (κ1) is 17.2. The van der Waals surface area contributed by atoms with Crippen LogP contribution < -0.4 is 15.9 Å². The minimum atomic E-state index is -2.30. The van der Waals surface area contributed by atoms with Gasteiger partial charge >= 0.3 is 0 Å². The molecule has 0 bridgehead atoms. The predicted octanol–water partition coefficient (Wildman–Crippen LogP) is 3.14. The number of hydrogen-bond acceptors (Lipinski definition) is 2. The van der Waals surface area contributed by atoms with Gasteiger partial charge in [-0.3, -0.25) is 0 Å². The predicted molar refractivity (Wildman–Crippen MR) is 107 cm³/mol. The number of benzene rings is 3. The second-order valence-electron chi connectivity index (χ2n) is 5.48. The van der Waals surface area contributed by atoms with Crippen molar-refractivity contribution in [3.05, 3.63) is 97.1 Å². The van der Waals surface area contributed by atoms with Gasteiger partial charge in [0.25, 0.3) is 0 Å². The Balaban J connectivity index is 2.56. The second kappa shape index (κ2) is 7.96. The highest BCUT2D eigenvalue weighted by Gasteiger charge is 2.29. The van der Waals surface area contributed by atoms with Crippen molar-refractivity contribution in [3.8, 4) is 0 Å². The summed E-state index contributed by atoms with van der Waals surface area (Å²) in [7, 11) is 1.62. The zero-order chi connectivity index (χ0) is 17.5. The van der Waals surface area contributed by atoms with E-state index in [9.17, 15) is 4.79 Å². The normalized spacial score (nSPS) is 10.8. The lowest BCUT2D eigenvalue weighted by molar-refractivity contribution is 0.417. The van der Waals surface area contributed by atoms with E-state index in [0.717, 1.165) is 15.9 Å². The Bertz CT molecular complexity index is 822. The zero-order valence-electron chi connectivity index (χ0n) is 14.0. The average Bonchev–Trinajstić information content (AvgIpc) is 2.70. The van der Waals surface area contributed by atoms with E-state index >= 15 is 0 Å². The summed E-state index contributed by atoms with van der Waals surface area (Å²) in [5.74, 6) is 1.92. The third-order valence-corrected chi connectivity index (χ3v) is 8.34. The Kier molecular flexibility index (Phi) is 5.48. The second-order valence-corrected chi connectivity index (χ2v) is 8.81. The van der Waals surface area contributed by atoms with Crippen molar-refractivity contribution in [3.63, 3.8) is 0 Å². The SMILES string of the molecule is COC(C=C=O)=P(c1ccccc1)(c1ccccc1)c1ccccc1. The van der Waals surface area contributed by atoms with E-state index in [1.165, 1.54) is 6.08 Å². The van der Waals surface area contributed by atoms with Crippen LogP contribution in [0.5, 0.6) is 0 Å². The van der Waals surface area contributed by atoms with E-state index in [1.54, 1.807) is 7.11 Å². The van der Waals surface area contributed by atoms with Gasteiger partial charge in [-0.2, -0.15) is 0 Å². The number of ether oxygens (including phenoxy) is 1. The smallest absolute Gasteiger partial charge is 0.127 e. The van der Waals surface area contributed by atoms with Crippen LogP contribution in [0.1, 0.15) is 0 Å². The molecule has 0 aliphatic heterocycles. The first-order valence-electron chi connectivity index (χ1n) is 8.02. The topological polar surface area (TPSA) is 26.3 Å². The molecule has 0 atom stereocenters. The molecule has 0 amide bonds. The third-order valence-electron chi connectivity index (χ3n) is 4.15. The fraction of sp³-hybridized carbons (Fsp3) is 0.0455. The molecule has 3 rings (SSSR count). The zero-order valence-corrected chi connectivity index (χ0v) is 14.9. The summed E-state index contributed by atoms with van der Waals surface area (Å²) >= 11 is 0. The van der Waals surface area contributed by atoms with Crippen molar-refractivity contribution < 1.29 is 9.53 Å². The maximum atomic E-state index is 11.3. The molecule has 0 saturated carbocycles. The van der Waals surface area contributed by atoms with Gasteiger partial charge in [0.1, 0.15) is 5.94 Å². The Morgan fingerprint density at radius 2 is 1.12 bits per heavy atom. The molecule has 0 aliphatic rings. The van der Waals surface area contributed by atoms with Gasteiger partial charge in [0, 0.05) is 14.0 Å². The highest BCUT2D eigenvalue weighted by molar-refractivity contribution is 7.95. The Morgan fingerprint density at radius 1 is 0.760 bits per heavy atom. The van der Waals surface area contributed by atoms with Crippen molar-refractivity contribution in [1.29, 1.82) is 0 Å². The van der Waals surface area contributed by atoms with Crippen LogP contribution in [0.2, 0.25) is 0 Å². The molecular weight excluding hydrogens is 327 g/mol. The average molecular weight is 346 g/mol. The first-order chi connectivity index (χ1) is 12.3. The molecule has 25 heavy (non-hydrogen) atoms. The molecule has 0 heterocycles. The minimum absolute atomic E-state index is 0.645. The Labute approximate surface area is 148 Å². The molecule has 3 aromatic rings. The summed E-state index contributed by atoms with van der Waals surface area (Å²) in [6, 6.07) is 30.7. The fourth-order valence-electron chi connectivity index (χ4n) is 3.13. The Hall–Kier alpha value is -2.63. The molecule has 0 radical (unpaired) electrons. The van der Waals surface area contributed by atoms with E-state index in [0.29, 0.717) is 5.48 Å². The van der Waals surface area contributed by atoms with Crippen molar-refractivity contribution >= 4 is 34.2 Å². The van der Waals surface area contributed by atoms with Gasteiger partial charge in [-0.1, -0.05) is 91.0 Å². The van der Waals surface area contributed by atoms with E-state index in [1.807, 2.05) is 60.5 Å². The fourth-order valence-corrected chi connectivity index (χ4v) is 7.16. The summed E-state index contributed by atoms with van der Waals surface area (Å²) in [5.41, 5.74) is 0.645. The number of carbonyl (C=O) groups excluding carboxylic acids is 1. The number of hydrogen-bond donors (Lipinski definition) is 0. The van der Waals surface area contributed by atoms with Crippen molar-refractivity contribution in [2.45, 2.75) is 0 Å². The number of methoxy groups -OCH3 is 1. The van der Waals surface area contributed by atoms with Crippen molar-refractivity contribution in [2.75, 3.05) is 7.11 Å². The third kappa shape index (κ3) is 3.16. The van der Waals surface area contributed by atoms with E-state index in [2.05, 4.69) is 36.4 Å². The van der Waals surface area contributed by atoms with Crippen LogP contribution in [0.4, 0.5) is 0 Å². The van der Waals surface area contributed by atoms with E-state index < -0.39 is 6.89 Å². The van der Waals surface area contributed by atoms with E-state index in [-0.39, 0.29) is 0 Å². The lowest BCUT2D eigenvalue weighted by Crippen LogP contribution is -2.30. The molecule has 0 N–H and O–H groups in total. The molecule has 0 spiro atoms. The minimum Gasteiger partial charge on any atom is -0.348 e. The lowest BCUT2D eigenvalue weighted by atomic mass is 10.4. The van der Waals surface area contributed by atoms with Gasteiger partial charge in [-0.05, 0) is 15.9 Å². The maximum Gasteiger partial charge on any atom is 0.127 e. The highest BCUT2D eigenvalue weighted by Crippen LogP contribution is 2.46. The molecule has 3 heteroatoms. The lowest BCUT2D eigenvalue weighted by Gasteiger charge is -2.30. The quantitative estimate of drug-likeness (QED) is 0.524. The van der Waals surface area contributed by atoms with Gasteiger partial charge in [0.15, 0.2) is 0 Å². The Morgan fingerprint density at radius 3 is 1.40 bits per heavy atom.